The van der Waals surface area contributed by atoms with Crippen LogP contribution in [-0.2, 0) is 55.9 Å². The molecule has 20 heteroatoms. The van der Waals surface area contributed by atoms with Gasteiger partial charge in [0.05, 0.1) is 42.2 Å². The molecule has 2 aliphatic rings. The number of likely N-dealkylation sites (tertiary alicyclic amines) is 2. The molecular formula is C35H54Cl2N4O11S3. The molecule has 15 nitrogen and oxygen atoms in total. The van der Waals surface area contributed by atoms with E-state index in [2.05, 4.69) is 14.2 Å². The number of hydrogen-bond acceptors (Lipinski definition) is 15. The second kappa shape index (κ2) is 21.7. The number of amides is 2. The first-order valence-electron chi connectivity index (χ1n) is 17.8. The average Bonchev–Trinajstić information content (AvgIpc) is 3.69. The van der Waals surface area contributed by atoms with Crippen molar-refractivity contribution in [2.24, 2.45) is 11.3 Å². The zero-order chi connectivity index (χ0) is 41.6. The predicted molar refractivity (Wildman–Crippen MR) is 211 cm³/mol. The van der Waals surface area contributed by atoms with Crippen LogP contribution in [0.4, 0.5) is 9.59 Å². The Balaban J connectivity index is 0.000000305. The Morgan fingerprint density at radius 2 is 1.25 bits per heavy atom. The highest BCUT2D eigenvalue weighted by molar-refractivity contribution is 7.85. The number of rotatable bonds is 9. The molecule has 2 saturated heterocycles. The van der Waals surface area contributed by atoms with Crippen LogP contribution >= 0.6 is 45.9 Å². The zero-order valence-corrected chi connectivity index (χ0v) is 36.9. The minimum Gasteiger partial charge on any atom is -0.466 e. The van der Waals surface area contributed by atoms with E-state index in [0.29, 0.717) is 86.1 Å². The fraction of sp³-hybridized carbons (Fsp3) is 0.714. The van der Waals surface area contributed by atoms with Crippen molar-refractivity contribution < 1.29 is 50.7 Å². The number of nitrogens with zero attached hydrogens (tertiary/aromatic N) is 4. The number of carbonyl (C=O) groups excluding carboxylic acids is 4. The average molecular weight is 874 g/mol. The highest BCUT2D eigenvalue weighted by atomic mass is 35.5. The summed E-state index contributed by atoms with van der Waals surface area (Å²) in [6.07, 6.45) is 3.14. The van der Waals surface area contributed by atoms with Crippen LogP contribution in [0.2, 0.25) is 8.93 Å². The predicted octanol–water partition coefficient (Wildman–Crippen LogP) is 7.39. The number of aromatic nitrogens is 2. The van der Waals surface area contributed by atoms with Crippen molar-refractivity contribution in [1.29, 1.82) is 0 Å². The molecule has 312 valence electrons. The second-order valence-corrected chi connectivity index (χ2v) is 19.3. The van der Waals surface area contributed by atoms with Crippen LogP contribution in [0, 0.1) is 11.3 Å². The maximum atomic E-state index is 12.6. The fourth-order valence-electron chi connectivity index (χ4n) is 5.29. The summed E-state index contributed by atoms with van der Waals surface area (Å²) in [6.45, 7) is 17.3. The third-order valence-electron chi connectivity index (χ3n) is 7.84. The summed E-state index contributed by atoms with van der Waals surface area (Å²) in [6, 6.07) is 0. The summed E-state index contributed by atoms with van der Waals surface area (Å²) in [5, 5.41) is 3.51. The lowest BCUT2D eigenvalue weighted by molar-refractivity contribution is -0.158. The van der Waals surface area contributed by atoms with E-state index < -0.39 is 26.7 Å². The van der Waals surface area contributed by atoms with E-state index in [1.807, 2.05) is 46.9 Å². The number of ether oxygens (including phenoxy) is 4. The lowest BCUT2D eigenvalue weighted by atomic mass is 9.75. The molecule has 0 aromatic carbocycles. The molecule has 0 saturated carbocycles. The van der Waals surface area contributed by atoms with Crippen molar-refractivity contribution in [3.63, 3.8) is 0 Å². The molecule has 2 aromatic rings. The Morgan fingerprint density at radius 3 is 1.65 bits per heavy atom. The molecule has 0 N–H and O–H groups in total. The summed E-state index contributed by atoms with van der Waals surface area (Å²) in [5.74, 6) is -0.465. The highest BCUT2D eigenvalue weighted by Gasteiger charge is 2.44. The van der Waals surface area contributed by atoms with E-state index >= 15 is 0 Å². The molecule has 0 atom stereocenters. The Kier molecular flexibility index (Phi) is 19.1. The first kappa shape index (κ1) is 48.4. The number of halogens is 2. The van der Waals surface area contributed by atoms with Gasteiger partial charge in [-0.3, -0.25) is 13.8 Å². The summed E-state index contributed by atoms with van der Waals surface area (Å²) in [4.78, 5) is 59.6. The van der Waals surface area contributed by atoms with Crippen LogP contribution < -0.4 is 0 Å². The number of thiazole rings is 2. The van der Waals surface area contributed by atoms with Gasteiger partial charge < -0.3 is 28.7 Å². The number of piperidine rings is 2. The molecule has 2 aliphatic heterocycles. The quantitative estimate of drug-likeness (QED) is 0.138. The third-order valence-corrected chi connectivity index (χ3v) is 10.4. The Hall–Kier alpha value is -2.77. The number of hydrogen-bond donors (Lipinski definition) is 0. The van der Waals surface area contributed by atoms with E-state index in [9.17, 15) is 27.6 Å². The number of carbonyl (C=O) groups is 4. The van der Waals surface area contributed by atoms with E-state index in [1.54, 1.807) is 29.0 Å². The van der Waals surface area contributed by atoms with Gasteiger partial charge in [0.25, 0.3) is 10.1 Å². The van der Waals surface area contributed by atoms with Crippen LogP contribution in [0.5, 0.6) is 0 Å². The molecule has 4 heterocycles. The van der Waals surface area contributed by atoms with Crippen molar-refractivity contribution in [2.45, 2.75) is 105 Å². The first-order valence-corrected chi connectivity index (χ1v) is 22.1. The molecule has 0 radical (unpaired) electrons. The summed E-state index contributed by atoms with van der Waals surface area (Å²) in [7, 11) is -3.39. The highest BCUT2D eigenvalue weighted by Crippen LogP contribution is 2.38. The SMILES string of the molecule is CCOC(=O)C1(Cc2csc(Cl)n2)CCN(C(=O)OC(C)(C)C)CC1.CCOC(=O)C1CCN(C(=O)OC(C)(C)C)CC1.CS(=O)(=O)OCc1csc(Cl)n1. The summed E-state index contributed by atoms with van der Waals surface area (Å²) < 4.78 is 47.4. The van der Waals surface area contributed by atoms with Crippen molar-refractivity contribution in [3.8, 4) is 0 Å². The van der Waals surface area contributed by atoms with Crippen LogP contribution in [0.1, 0.15) is 92.5 Å². The van der Waals surface area contributed by atoms with Gasteiger partial charge in [0, 0.05) is 43.4 Å². The largest absolute Gasteiger partial charge is 0.466 e. The van der Waals surface area contributed by atoms with Gasteiger partial charge in [0.1, 0.15) is 17.8 Å². The lowest BCUT2D eigenvalue weighted by Gasteiger charge is -2.39. The van der Waals surface area contributed by atoms with E-state index in [1.165, 1.54) is 22.7 Å². The standard InChI is InChI=1S/C17H25ClN2O4S.C13H23NO4.C5H6ClNO3S2/c1-5-23-13(21)17(10-12-11-25-14(18)19-12)6-8-20(9-7-17)15(22)24-16(2,3)4;1-5-17-11(15)10-6-8-14(9-7-10)12(16)18-13(2,3)4;1-12(8,9)10-2-4-3-11-5(6)7-4/h11H,5-10H2,1-4H3;10H,5-9H2,1-4H3;3H,2H2,1H3. The van der Waals surface area contributed by atoms with Crippen molar-refractivity contribution >= 4 is 80.1 Å². The third kappa shape index (κ3) is 18.4. The smallest absolute Gasteiger partial charge is 0.410 e. The van der Waals surface area contributed by atoms with Gasteiger partial charge in [-0.15, -0.1) is 22.7 Å². The minimum absolute atomic E-state index is 0.0535. The Labute approximate surface area is 342 Å². The van der Waals surface area contributed by atoms with E-state index in [4.69, 9.17) is 42.1 Å². The van der Waals surface area contributed by atoms with Crippen molar-refractivity contribution in [2.75, 3.05) is 45.6 Å². The molecule has 55 heavy (non-hydrogen) atoms. The maximum Gasteiger partial charge on any atom is 0.410 e. The normalized spacial score (nSPS) is 16.1. The van der Waals surface area contributed by atoms with Gasteiger partial charge in [-0.25, -0.2) is 19.6 Å². The van der Waals surface area contributed by atoms with Crippen molar-refractivity contribution in [1.82, 2.24) is 19.8 Å². The Morgan fingerprint density at radius 1 is 0.800 bits per heavy atom. The first-order chi connectivity index (χ1) is 25.5. The van der Waals surface area contributed by atoms with Gasteiger partial charge in [0.15, 0.2) is 8.93 Å². The van der Waals surface area contributed by atoms with Crippen LogP contribution in [-0.4, -0.2) is 109 Å². The molecule has 2 fully saturated rings. The fourth-order valence-corrected chi connectivity index (χ4v) is 7.17. The van der Waals surface area contributed by atoms with Crippen LogP contribution in [0.3, 0.4) is 0 Å². The Bertz CT molecular complexity index is 1660. The van der Waals surface area contributed by atoms with Crippen LogP contribution in [0.15, 0.2) is 10.8 Å². The van der Waals surface area contributed by atoms with Gasteiger partial charge in [-0.1, -0.05) is 23.2 Å². The van der Waals surface area contributed by atoms with Gasteiger partial charge in [0.2, 0.25) is 0 Å². The van der Waals surface area contributed by atoms with Gasteiger partial charge in [-0.05, 0) is 81.1 Å². The maximum absolute atomic E-state index is 12.6. The summed E-state index contributed by atoms with van der Waals surface area (Å²) in [5.41, 5.74) is -0.380. The monoisotopic (exact) mass is 872 g/mol. The van der Waals surface area contributed by atoms with Gasteiger partial charge >= 0.3 is 24.1 Å². The molecule has 2 amide bonds. The molecule has 0 bridgehead atoms. The minimum atomic E-state index is -3.39. The lowest BCUT2D eigenvalue weighted by Crippen LogP contribution is -2.49. The molecule has 4 rings (SSSR count). The molecule has 0 spiro atoms. The number of esters is 2. The van der Waals surface area contributed by atoms with Crippen LogP contribution in [0.25, 0.3) is 0 Å². The summed E-state index contributed by atoms with van der Waals surface area (Å²) >= 11 is 14.0. The van der Waals surface area contributed by atoms with Gasteiger partial charge in [-0.2, -0.15) is 8.42 Å². The molecular weight excluding hydrogens is 820 g/mol. The van der Waals surface area contributed by atoms with E-state index in [-0.39, 0.29) is 36.6 Å². The zero-order valence-electron chi connectivity index (χ0n) is 33.0. The topological polar surface area (TPSA) is 181 Å². The second-order valence-electron chi connectivity index (χ2n) is 14.8. The van der Waals surface area contributed by atoms with Crippen molar-refractivity contribution in [3.05, 3.63) is 31.1 Å². The molecule has 2 aromatic heterocycles. The molecule has 0 unspecified atom stereocenters. The molecule has 0 aliphatic carbocycles. The van der Waals surface area contributed by atoms with E-state index in [0.717, 1.165) is 11.9 Å².